The van der Waals surface area contributed by atoms with Crippen molar-refractivity contribution in [3.8, 4) is 5.75 Å². The van der Waals surface area contributed by atoms with Crippen molar-refractivity contribution in [2.24, 2.45) is 0 Å². The molecule has 2 aromatic rings. The molecule has 0 spiro atoms. The standard InChI is InChI=1S/C14H13BrN2O/c1-18-14-8-11-6-12(17-5-4-16-9-17)3-2-10(11)7-13(14)15/h4-9H,2-3H2,1H3. The molecule has 0 unspecified atom stereocenters. The zero-order chi connectivity index (χ0) is 12.5. The van der Waals surface area contributed by atoms with Crippen LogP contribution < -0.4 is 4.74 Å². The van der Waals surface area contributed by atoms with Gasteiger partial charge in [-0.3, -0.25) is 0 Å². The van der Waals surface area contributed by atoms with Crippen LogP contribution in [-0.4, -0.2) is 16.7 Å². The van der Waals surface area contributed by atoms with E-state index < -0.39 is 0 Å². The Bertz CT molecular complexity index is 603. The lowest BCUT2D eigenvalue weighted by Crippen LogP contribution is -2.04. The number of nitrogens with zero attached hydrogens (tertiary/aromatic N) is 2. The maximum Gasteiger partial charge on any atom is 0.133 e. The van der Waals surface area contributed by atoms with Crippen molar-refractivity contribution < 1.29 is 4.74 Å². The molecular formula is C14H13BrN2O. The number of hydrogen-bond acceptors (Lipinski definition) is 2. The van der Waals surface area contributed by atoms with E-state index in [-0.39, 0.29) is 0 Å². The quantitative estimate of drug-likeness (QED) is 0.847. The highest BCUT2D eigenvalue weighted by atomic mass is 79.9. The average molecular weight is 305 g/mol. The maximum atomic E-state index is 5.34. The predicted octanol–water partition coefficient (Wildman–Crippen LogP) is 3.60. The summed E-state index contributed by atoms with van der Waals surface area (Å²) < 4.78 is 8.43. The molecule has 3 nitrogen and oxygen atoms in total. The van der Waals surface area contributed by atoms with Gasteiger partial charge in [0.15, 0.2) is 0 Å². The van der Waals surface area contributed by atoms with Crippen LogP contribution in [0.25, 0.3) is 11.8 Å². The van der Waals surface area contributed by atoms with Crippen LogP contribution in [0.5, 0.6) is 5.75 Å². The molecule has 3 rings (SSSR count). The van der Waals surface area contributed by atoms with E-state index in [1.165, 1.54) is 16.8 Å². The lowest BCUT2D eigenvalue weighted by molar-refractivity contribution is 0.412. The monoisotopic (exact) mass is 304 g/mol. The number of benzene rings is 1. The Morgan fingerprint density at radius 1 is 1.33 bits per heavy atom. The summed E-state index contributed by atoms with van der Waals surface area (Å²) in [5.74, 6) is 0.872. The van der Waals surface area contributed by atoms with Crippen LogP contribution >= 0.6 is 15.9 Å². The van der Waals surface area contributed by atoms with E-state index in [2.05, 4.69) is 43.7 Å². The number of methoxy groups -OCH3 is 1. The van der Waals surface area contributed by atoms with Gasteiger partial charge in [0.05, 0.1) is 17.9 Å². The first-order chi connectivity index (χ1) is 8.78. The minimum Gasteiger partial charge on any atom is -0.496 e. The number of rotatable bonds is 2. The van der Waals surface area contributed by atoms with E-state index >= 15 is 0 Å². The summed E-state index contributed by atoms with van der Waals surface area (Å²) in [5.41, 5.74) is 3.85. The summed E-state index contributed by atoms with van der Waals surface area (Å²) in [5, 5.41) is 0. The van der Waals surface area contributed by atoms with E-state index in [0.717, 1.165) is 23.1 Å². The summed E-state index contributed by atoms with van der Waals surface area (Å²) in [6.45, 7) is 0. The van der Waals surface area contributed by atoms with E-state index in [1.807, 2.05) is 12.5 Å². The van der Waals surface area contributed by atoms with Crippen molar-refractivity contribution in [3.63, 3.8) is 0 Å². The molecule has 0 radical (unpaired) electrons. The highest BCUT2D eigenvalue weighted by molar-refractivity contribution is 9.10. The van der Waals surface area contributed by atoms with Gasteiger partial charge in [0.25, 0.3) is 0 Å². The molecular weight excluding hydrogens is 292 g/mol. The third-order valence-corrected chi connectivity index (χ3v) is 3.84. The van der Waals surface area contributed by atoms with Gasteiger partial charge in [-0.1, -0.05) is 0 Å². The molecule has 4 heteroatoms. The van der Waals surface area contributed by atoms with Crippen LogP contribution in [0.1, 0.15) is 17.5 Å². The molecule has 1 aliphatic carbocycles. The first-order valence-electron chi connectivity index (χ1n) is 5.83. The normalized spacial score (nSPS) is 14.0. The molecule has 0 amide bonds. The SMILES string of the molecule is COc1cc2c(cc1Br)CCC(n1ccnc1)=C2. The maximum absolute atomic E-state index is 5.34. The van der Waals surface area contributed by atoms with E-state index in [1.54, 1.807) is 13.3 Å². The van der Waals surface area contributed by atoms with Crippen molar-refractivity contribution >= 4 is 27.7 Å². The van der Waals surface area contributed by atoms with Crippen molar-refractivity contribution in [1.29, 1.82) is 0 Å². The van der Waals surface area contributed by atoms with E-state index in [0.29, 0.717) is 0 Å². The zero-order valence-corrected chi connectivity index (χ0v) is 11.6. The average Bonchev–Trinajstić information content (AvgIpc) is 2.91. The van der Waals surface area contributed by atoms with Crippen molar-refractivity contribution in [3.05, 3.63) is 46.5 Å². The lowest BCUT2D eigenvalue weighted by atomic mass is 9.95. The Hall–Kier alpha value is -1.55. The number of aromatic nitrogens is 2. The Morgan fingerprint density at radius 3 is 2.94 bits per heavy atom. The number of halogens is 1. The molecule has 0 aliphatic heterocycles. The van der Waals surface area contributed by atoms with Crippen LogP contribution in [0.3, 0.4) is 0 Å². The number of hydrogen-bond donors (Lipinski definition) is 0. The number of imidazole rings is 1. The molecule has 1 aliphatic rings. The fourth-order valence-electron chi connectivity index (χ4n) is 2.26. The molecule has 1 aromatic heterocycles. The van der Waals surface area contributed by atoms with Crippen LogP contribution in [0, 0.1) is 0 Å². The Labute approximate surface area is 114 Å². The number of fused-ring (bicyclic) bond motifs is 1. The molecule has 18 heavy (non-hydrogen) atoms. The number of aryl methyl sites for hydroxylation is 1. The largest absolute Gasteiger partial charge is 0.496 e. The van der Waals surface area contributed by atoms with Gasteiger partial charge in [-0.05, 0) is 58.1 Å². The summed E-state index contributed by atoms with van der Waals surface area (Å²) in [6.07, 6.45) is 9.90. The van der Waals surface area contributed by atoms with E-state index in [4.69, 9.17) is 4.74 Å². The van der Waals surface area contributed by atoms with Crippen molar-refractivity contribution in [2.75, 3.05) is 7.11 Å². The van der Waals surface area contributed by atoms with Crippen LogP contribution in [0.15, 0.2) is 35.3 Å². The molecule has 0 saturated carbocycles. The van der Waals surface area contributed by atoms with Gasteiger partial charge >= 0.3 is 0 Å². The van der Waals surface area contributed by atoms with Gasteiger partial charge in [-0.15, -0.1) is 0 Å². The zero-order valence-electron chi connectivity index (χ0n) is 10.1. The molecule has 1 heterocycles. The topological polar surface area (TPSA) is 27.1 Å². The Morgan fingerprint density at radius 2 is 2.22 bits per heavy atom. The van der Waals surface area contributed by atoms with Crippen molar-refractivity contribution in [1.82, 2.24) is 9.55 Å². The van der Waals surface area contributed by atoms with Gasteiger partial charge in [-0.2, -0.15) is 0 Å². The molecule has 92 valence electrons. The number of allylic oxidation sites excluding steroid dienone is 1. The predicted molar refractivity (Wildman–Crippen MR) is 75.4 cm³/mol. The molecule has 0 bridgehead atoms. The van der Waals surface area contributed by atoms with Gasteiger partial charge < -0.3 is 9.30 Å². The van der Waals surface area contributed by atoms with Crippen LogP contribution in [0.4, 0.5) is 0 Å². The third-order valence-electron chi connectivity index (χ3n) is 3.22. The molecule has 1 aromatic carbocycles. The summed E-state index contributed by atoms with van der Waals surface area (Å²) in [7, 11) is 1.69. The summed E-state index contributed by atoms with van der Waals surface area (Å²) in [6, 6.07) is 4.23. The molecule has 0 fully saturated rings. The fraction of sp³-hybridized carbons (Fsp3) is 0.214. The van der Waals surface area contributed by atoms with E-state index in [9.17, 15) is 0 Å². The highest BCUT2D eigenvalue weighted by Gasteiger charge is 2.14. The Kier molecular flexibility index (Phi) is 2.96. The second-order valence-corrected chi connectivity index (χ2v) is 5.15. The minimum atomic E-state index is 0.872. The summed E-state index contributed by atoms with van der Waals surface area (Å²) in [4.78, 5) is 4.09. The number of ether oxygens (including phenoxy) is 1. The first kappa shape index (κ1) is 11.5. The highest BCUT2D eigenvalue weighted by Crippen LogP contribution is 2.34. The lowest BCUT2D eigenvalue weighted by Gasteiger charge is -2.18. The smallest absolute Gasteiger partial charge is 0.133 e. The molecule has 0 atom stereocenters. The third kappa shape index (κ3) is 1.97. The van der Waals surface area contributed by atoms with Crippen LogP contribution in [0.2, 0.25) is 0 Å². The van der Waals surface area contributed by atoms with Gasteiger partial charge in [0.1, 0.15) is 5.75 Å². The molecule has 0 saturated heterocycles. The molecule has 0 N–H and O–H groups in total. The second-order valence-electron chi connectivity index (χ2n) is 4.29. The fourth-order valence-corrected chi connectivity index (χ4v) is 2.82. The minimum absolute atomic E-state index is 0.872. The van der Waals surface area contributed by atoms with Gasteiger partial charge in [0, 0.05) is 18.1 Å². The first-order valence-corrected chi connectivity index (χ1v) is 6.62. The second kappa shape index (κ2) is 4.61. The van der Waals surface area contributed by atoms with Gasteiger partial charge in [-0.25, -0.2) is 4.98 Å². The summed E-state index contributed by atoms with van der Waals surface area (Å²) >= 11 is 3.53. The van der Waals surface area contributed by atoms with Gasteiger partial charge in [0.2, 0.25) is 0 Å². The van der Waals surface area contributed by atoms with Crippen molar-refractivity contribution in [2.45, 2.75) is 12.8 Å². The van der Waals surface area contributed by atoms with Crippen LogP contribution in [-0.2, 0) is 6.42 Å². The Balaban J connectivity index is 2.06.